The highest BCUT2D eigenvalue weighted by molar-refractivity contribution is 5.98. The molecular formula is C24H24FN5O2. The fourth-order valence-corrected chi connectivity index (χ4v) is 4.24. The molecule has 2 aromatic carbocycles. The van der Waals surface area contributed by atoms with Crippen LogP contribution in [0.25, 0.3) is 22.3 Å². The van der Waals surface area contributed by atoms with Crippen LogP contribution in [0.2, 0.25) is 0 Å². The summed E-state index contributed by atoms with van der Waals surface area (Å²) in [6, 6.07) is 13.5. The molecule has 1 aliphatic rings. The Morgan fingerprint density at radius 1 is 1.03 bits per heavy atom. The first-order valence-corrected chi connectivity index (χ1v) is 10.6. The zero-order chi connectivity index (χ0) is 22.3. The zero-order valence-corrected chi connectivity index (χ0v) is 17.7. The Morgan fingerprint density at radius 2 is 1.66 bits per heavy atom. The van der Waals surface area contributed by atoms with Gasteiger partial charge in [0.05, 0.1) is 17.0 Å². The summed E-state index contributed by atoms with van der Waals surface area (Å²) in [5.74, 6) is 1.25. The first-order valence-electron chi connectivity index (χ1n) is 10.6. The summed E-state index contributed by atoms with van der Waals surface area (Å²) in [4.78, 5) is 8.65. The number of anilines is 1. The first kappa shape index (κ1) is 20.4. The molecule has 2 heterocycles. The van der Waals surface area contributed by atoms with E-state index in [9.17, 15) is 9.50 Å². The molecule has 5 rings (SSSR count). The Morgan fingerprint density at radius 3 is 2.31 bits per heavy atom. The Bertz CT molecular complexity index is 1240. The van der Waals surface area contributed by atoms with Gasteiger partial charge in [-0.3, -0.25) is 0 Å². The van der Waals surface area contributed by atoms with Gasteiger partial charge in [0.15, 0.2) is 5.65 Å². The van der Waals surface area contributed by atoms with Crippen LogP contribution >= 0.6 is 0 Å². The van der Waals surface area contributed by atoms with Crippen LogP contribution in [0.3, 0.4) is 0 Å². The highest BCUT2D eigenvalue weighted by Crippen LogP contribution is 2.39. The third kappa shape index (κ3) is 3.89. The fourth-order valence-electron chi connectivity index (χ4n) is 4.24. The number of nitrogens with two attached hydrogens (primary N) is 1. The van der Waals surface area contributed by atoms with E-state index in [0.717, 1.165) is 23.8 Å². The maximum absolute atomic E-state index is 13.1. The van der Waals surface area contributed by atoms with Crippen molar-refractivity contribution < 1.29 is 14.2 Å². The number of ether oxygens (including phenoxy) is 1. The molecule has 0 bridgehead atoms. The van der Waals surface area contributed by atoms with E-state index in [1.54, 1.807) is 12.1 Å². The number of fused-ring (bicyclic) bond motifs is 1. The van der Waals surface area contributed by atoms with Gasteiger partial charge >= 0.3 is 0 Å². The van der Waals surface area contributed by atoms with Gasteiger partial charge in [-0.05, 0) is 81.1 Å². The molecule has 0 aliphatic heterocycles. The van der Waals surface area contributed by atoms with Crippen LogP contribution in [0.5, 0.6) is 11.5 Å². The summed E-state index contributed by atoms with van der Waals surface area (Å²) >= 11 is 0. The van der Waals surface area contributed by atoms with Gasteiger partial charge < -0.3 is 15.6 Å². The standard InChI is InChI=1S/C24H24FN5O2/c1-24(31)12-10-17(11-13-24)30-23-20(22(26)27-14-28-23)21(29-30)15-2-6-18(7-3-15)32-19-8-4-16(25)5-9-19/h2-9,14,17,31H,10-13H2,1H3,(H2,26,27,28)/t17-,24-. The van der Waals surface area contributed by atoms with Gasteiger partial charge in [0.1, 0.15) is 35.2 Å². The fraction of sp³-hybridized carbons (Fsp3) is 0.292. The topological polar surface area (TPSA) is 99.1 Å². The van der Waals surface area contributed by atoms with Gasteiger partial charge in [-0.1, -0.05) is 0 Å². The van der Waals surface area contributed by atoms with E-state index in [1.165, 1.54) is 18.5 Å². The predicted octanol–water partition coefficient (Wildman–Crippen LogP) is 4.87. The first-order chi connectivity index (χ1) is 15.4. The minimum Gasteiger partial charge on any atom is -0.457 e. The summed E-state index contributed by atoms with van der Waals surface area (Å²) in [7, 11) is 0. The van der Waals surface area contributed by atoms with E-state index in [4.69, 9.17) is 15.6 Å². The average Bonchev–Trinajstić information content (AvgIpc) is 3.17. The van der Waals surface area contributed by atoms with Crippen molar-refractivity contribution in [3.8, 4) is 22.8 Å². The van der Waals surface area contributed by atoms with Gasteiger partial charge in [0.2, 0.25) is 0 Å². The van der Waals surface area contributed by atoms with Crippen molar-refractivity contribution in [2.75, 3.05) is 5.73 Å². The minimum atomic E-state index is -0.628. The maximum Gasteiger partial charge on any atom is 0.164 e. The number of halogens is 1. The van der Waals surface area contributed by atoms with Crippen molar-refractivity contribution in [1.29, 1.82) is 0 Å². The van der Waals surface area contributed by atoms with Crippen molar-refractivity contribution in [3.63, 3.8) is 0 Å². The molecule has 0 amide bonds. The second-order valence-corrected chi connectivity index (χ2v) is 8.56. The number of aromatic nitrogens is 4. The summed E-state index contributed by atoms with van der Waals surface area (Å²) in [6.07, 6.45) is 4.52. The quantitative estimate of drug-likeness (QED) is 0.476. The third-order valence-corrected chi connectivity index (χ3v) is 6.07. The van der Waals surface area contributed by atoms with E-state index < -0.39 is 5.60 Å². The molecule has 7 nitrogen and oxygen atoms in total. The Kier molecular flexibility index (Phi) is 5.01. The second kappa shape index (κ2) is 7.87. The van der Waals surface area contributed by atoms with Crippen LogP contribution in [0.15, 0.2) is 54.9 Å². The van der Waals surface area contributed by atoms with Crippen molar-refractivity contribution in [2.45, 2.75) is 44.2 Å². The molecular weight excluding hydrogens is 409 g/mol. The molecule has 1 fully saturated rings. The lowest BCUT2D eigenvalue weighted by atomic mass is 9.84. The van der Waals surface area contributed by atoms with E-state index in [0.29, 0.717) is 41.5 Å². The number of benzene rings is 2. The van der Waals surface area contributed by atoms with Gasteiger partial charge in [0.25, 0.3) is 0 Å². The molecule has 1 saturated carbocycles. The largest absolute Gasteiger partial charge is 0.457 e. The van der Waals surface area contributed by atoms with Gasteiger partial charge in [-0.25, -0.2) is 19.0 Å². The van der Waals surface area contributed by atoms with Crippen LogP contribution in [0.1, 0.15) is 38.6 Å². The highest BCUT2D eigenvalue weighted by Gasteiger charge is 2.31. The minimum absolute atomic E-state index is 0.141. The van der Waals surface area contributed by atoms with Crippen LogP contribution < -0.4 is 10.5 Å². The molecule has 32 heavy (non-hydrogen) atoms. The van der Waals surface area contributed by atoms with E-state index >= 15 is 0 Å². The van der Waals surface area contributed by atoms with Crippen LogP contribution in [-0.4, -0.2) is 30.5 Å². The molecule has 0 spiro atoms. The van der Waals surface area contributed by atoms with Crippen LogP contribution in [-0.2, 0) is 0 Å². The Balaban J connectivity index is 1.48. The number of hydrogen-bond acceptors (Lipinski definition) is 6. The van der Waals surface area contributed by atoms with Crippen molar-refractivity contribution in [3.05, 3.63) is 60.7 Å². The lowest BCUT2D eigenvalue weighted by molar-refractivity contribution is 0.00900. The van der Waals surface area contributed by atoms with Crippen LogP contribution in [0.4, 0.5) is 10.2 Å². The van der Waals surface area contributed by atoms with Gasteiger partial charge in [-0.2, -0.15) is 5.10 Å². The molecule has 0 unspecified atom stereocenters. The normalized spacial score (nSPS) is 21.0. The second-order valence-electron chi connectivity index (χ2n) is 8.56. The summed E-state index contributed by atoms with van der Waals surface area (Å²) in [5, 5.41) is 15.9. The molecule has 0 radical (unpaired) electrons. The summed E-state index contributed by atoms with van der Waals surface area (Å²) in [6.45, 7) is 1.88. The predicted molar refractivity (Wildman–Crippen MR) is 120 cm³/mol. The molecule has 164 valence electrons. The smallest absolute Gasteiger partial charge is 0.164 e. The third-order valence-electron chi connectivity index (χ3n) is 6.07. The van der Waals surface area contributed by atoms with Crippen LogP contribution in [0, 0.1) is 5.82 Å². The van der Waals surface area contributed by atoms with E-state index in [2.05, 4.69) is 9.97 Å². The lowest BCUT2D eigenvalue weighted by Crippen LogP contribution is -2.31. The van der Waals surface area contributed by atoms with E-state index in [1.807, 2.05) is 35.9 Å². The number of nitrogen functional groups attached to an aromatic ring is 1. The molecule has 3 N–H and O–H groups in total. The van der Waals surface area contributed by atoms with Crippen molar-refractivity contribution in [2.24, 2.45) is 0 Å². The molecule has 0 atom stereocenters. The van der Waals surface area contributed by atoms with Crippen molar-refractivity contribution >= 4 is 16.9 Å². The monoisotopic (exact) mass is 433 g/mol. The molecule has 1 aliphatic carbocycles. The molecule has 2 aromatic heterocycles. The molecule has 0 saturated heterocycles. The van der Waals surface area contributed by atoms with Gasteiger partial charge in [0, 0.05) is 5.56 Å². The van der Waals surface area contributed by atoms with Crippen molar-refractivity contribution in [1.82, 2.24) is 19.7 Å². The number of rotatable bonds is 4. The Hall–Kier alpha value is -3.52. The SMILES string of the molecule is C[C@]1(O)CC[C@H](n2nc(-c3ccc(Oc4ccc(F)cc4)cc3)c3c(N)ncnc32)CC1. The number of aliphatic hydroxyl groups is 1. The average molecular weight is 433 g/mol. The summed E-state index contributed by atoms with van der Waals surface area (Å²) < 4.78 is 20.8. The van der Waals surface area contributed by atoms with E-state index in [-0.39, 0.29) is 11.9 Å². The summed E-state index contributed by atoms with van der Waals surface area (Å²) in [5.41, 5.74) is 7.87. The zero-order valence-electron chi connectivity index (χ0n) is 17.7. The number of nitrogens with zero attached hydrogens (tertiary/aromatic N) is 4. The molecule has 4 aromatic rings. The Labute approximate surface area is 184 Å². The lowest BCUT2D eigenvalue weighted by Gasteiger charge is -2.33. The number of hydrogen-bond donors (Lipinski definition) is 2. The highest BCUT2D eigenvalue weighted by atomic mass is 19.1. The molecule has 8 heteroatoms. The van der Waals surface area contributed by atoms with Gasteiger partial charge in [-0.15, -0.1) is 0 Å². The maximum atomic E-state index is 13.1.